The van der Waals surface area contributed by atoms with Crippen molar-refractivity contribution in [2.75, 3.05) is 7.11 Å². The van der Waals surface area contributed by atoms with Gasteiger partial charge in [-0.2, -0.15) is 5.26 Å². The summed E-state index contributed by atoms with van der Waals surface area (Å²) >= 11 is 0. The fourth-order valence-corrected chi connectivity index (χ4v) is 3.83. The Kier molecular flexibility index (Phi) is 3.83. The van der Waals surface area contributed by atoms with E-state index in [1.807, 2.05) is 13.0 Å². The van der Waals surface area contributed by atoms with Crippen molar-refractivity contribution in [2.45, 2.75) is 25.1 Å². The van der Waals surface area contributed by atoms with E-state index in [0.717, 1.165) is 5.39 Å². The van der Waals surface area contributed by atoms with Gasteiger partial charge in [-0.3, -0.25) is 10.2 Å². The number of nitrogens with one attached hydrogen (secondary N) is 3. The van der Waals surface area contributed by atoms with Gasteiger partial charge in [0, 0.05) is 34.3 Å². The summed E-state index contributed by atoms with van der Waals surface area (Å²) in [5.41, 5.74) is 13.3. The van der Waals surface area contributed by atoms with Crippen LogP contribution in [0.3, 0.4) is 0 Å². The zero-order valence-corrected chi connectivity index (χ0v) is 14.4. The number of aromatic amines is 1. The first-order chi connectivity index (χ1) is 12.5. The van der Waals surface area contributed by atoms with Crippen LogP contribution < -0.4 is 26.9 Å². The van der Waals surface area contributed by atoms with E-state index >= 15 is 0 Å². The van der Waals surface area contributed by atoms with E-state index in [-0.39, 0.29) is 29.0 Å². The van der Waals surface area contributed by atoms with Crippen LogP contribution in [0.25, 0.3) is 10.9 Å². The summed E-state index contributed by atoms with van der Waals surface area (Å²) in [5.74, 6) is 0.109. The Balaban J connectivity index is 1.93. The predicted molar refractivity (Wildman–Crippen MR) is 94.8 cm³/mol. The van der Waals surface area contributed by atoms with E-state index in [1.165, 1.54) is 0 Å². The fourth-order valence-electron chi connectivity index (χ4n) is 3.83. The standard InChI is InChI=1S/C18H19N5O3/c1-8-14-15(12(7-19)16(20)26-18(14)23-22-8)11-6-9-5-10(25-2)3-4-13(9)21-17(11)24/h3-6,8,14-15,18,22-23H,20H2,1-2H3,(H,21,24). The molecule has 2 aliphatic rings. The summed E-state index contributed by atoms with van der Waals surface area (Å²) in [6.07, 6.45) is -0.410. The average Bonchev–Trinajstić information content (AvgIpc) is 3.00. The zero-order chi connectivity index (χ0) is 18.4. The molecular formula is C18H19N5O3. The Morgan fingerprint density at radius 2 is 2.12 bits per heavy atom. The molecule has 1 fully saturated rings. The Morgan fingerprint density at radius 3 is 2.85 bits per heavy atom. The number of benzene rings is 1. The van der Waals surface area contributed by atoms with E-state index in [1.54, 1.807) is 25.3 Å². The predicted octanol–water partition coefficient (Wildman–Crippen LogP) is 0.783. The van der Waals surface area contributed by atoms with Crippen LogP contribution in [-0.4, -0.2) is 24.4 Å². The number of allylic oxidation sites excluding steroid dienone is 1. The van der Waals surface area contributed by atoms with E-state index in [4.69, 9.17) is 15.2 Å². The van der Waals surface area contributed by atoms with Gasteiger partial charge in [-0.25, -0.2) is 5.43 Å². The minimum Gasteiger partial charge on any atom is -0.497 e. The number of rotatable bonds is 2. The number of fused-ring (bicyclic) bond motifs is 2. The lowest BCUT2D eigenvalue weighted by atomic mass is 9.76. The maximum Gasteiger partial charge on any atom is 0.252 e. The molecule has 134 valence electrons. The molecule has 8 heteroatoms. The van der Waals surface area contributed by atoms with Crippen LogP contribution in [0.2, 0.25) is 0 Å². The number of H-pyrrole nitrogens is 1. The molecule has 0 aliphatic carbocycles. The Bertz CT molecular complexity index is 1010. The van der Waals surface area contributed by atoms with E-state index in [0.29, 0.717) is 16.8 Å². The normalized spacial score (nSPS) is 27.7. The van der Waals surface area contributed by atoms with Crippen LogP contribution in [-0.2, 0) is 4.74 Å². The van der Waals surface area contributed by atoms with Gasteiger partial charge in [0.05, 0.1) is 12.7 Å². The van der Waals surface area contributed by atoms with Crippen molar-refractivity contribution in [1.82, 2.24) is 15.8 Å². The lowest BCUT2D eigenvalue weighted by molar-refractivity contribution is 0.0349. The van der Waals surface area contributed by atoms with Gasteiger partial charge < -0.3 is 20.2 Å². The molecule has 8 nitrogen and oxygen atoms in total. The second-order valence-corrected chi connectivity index (χ2v) is 6.57. The molecular weight excluding hydrogens is 334 g/mol. The molecule has 3 heterocycles. The highest BCUT2D eigenvalue weighted by atomic mass is 16.5. The Morgan fingerprint density at radius 1 is 1.31 bits per heavy atom. The molecule has 5 N–H and O–H groups in total. The number of pyridine rings is 1. The van der Waals surface area contributed by atoms with E-state index < -0.39 is 12.1 Å². The highest BCUT2D eigenvalue weighted by Gasteiger charge is 2.47. The Labute approximate surface area is 149 Å². The third-order valence-corrected chi connectivity index (χ3v) is 5.13. The summed E-state index contributed by atoms with van der Waals surface area (Å²) in [5, 5.41) is 10.5. The number of nitrogens with two attached hydrogens (primary N) is 1. The molecule has 2 aromatic rings. The van der Waals surface area contributed by atoms with Crippen LogP contribution in [0.4, 0.5) is 0 Å². The van der Waals surface area contributed by atoms with Crippen molar-refractivity contribution in [3.63, 3.8) is 0 Å². The molecule has 0 amide bonds. The van der Waals surface area contributed by atoms with Gasteiger partial charge in [0.15, 0.2) is 6.23 Å². The number of hydrogen-bond donors (Lipinski definition) is 4. The molecule has 0 saturated carbocycles. The third-order valence-electron chi connectivity index (χ3n) is 5.13. The van der Waals surface area contributed by atoms with Crippen LogP contribution in [0.1, 0.15) is 18.4 Å². The topological polar surface area (TPSA) is 125 Å². The average molecular weight is 353 g/mol. The van der Waals surface area contributed by atoms with Gasteiger partial charge in [-0.05, 0) is 31.2 Å². The van der Waals surface area contributed by atoms with Crippen molar-refractivity contribution in [3.8, 4) is 11.8 Å². The van der Waals surface area contributed by atoms with Gasteiger partial charge in [-0.1, -0.05) is 0 Å². The molecule has 26 heavy (non-hydrogen) atoms. The molecule has 4 rings (SSSR count). The third kappa shape index (κ3) is 2.41. The fraction of sp³-hybridized carbons (Fsp3) is 0.333. The van der Waals surface area contributed by atoms with Gasteiger partial charge in [-0.15, -0.1) is 0 Å². The first kappa shape index (κ1) is 16.4. The molecule has 1 aromatic carbocycles. The molecule has 0 radical (unpaired) electrons. The van der Waals surface area contributed by atoms with Gasteiger partial charge in [0.25, 0.3) is 5.56 Å². The monoisotopic (exact) mass is 353 g/mol. The minimum absolute atomic E-state index is 0.0122. The van der Waals surface area contributed by atoms with Crippen LogP contribution in [0, 0.1) is 17.2 Å². The summed E-state index contributed by atoms with van der Waals surface area (Å²) in [4.78, 5) is 15.7. The summed E-state index contributed by atoms with van der Waals surface area (Å²) in [7, 11) is 1.59. The highest BCUT2D eigenvalue weighted by molar-refractivity contribution is 5.80. The lowest BCUT2D eigenvalue weighted by Crippen LogP contribution is -2.42. The lowest BCUT2D eigenvalue weighted by Gasteiger charge is -2.34. The van der Waals surface area contributed by atoms with E-state index in [2.05, 4.69) is 21.9 Å². The van der Waals surface area contributed by atoms with Gasteiger partial charge in [0.2, 0.25) is 5.88 Å². The number of hydrazine groups is 1. The number of hydrogen-bond acceptors (Lipinski definition) is 7. The molecule has 2 aliphatic heterocycles. The smallest absolute Gasteiger partial charge is 0.252 e. The minimum atomic E-state index is -0.476. The highest BCUT2D eigenvalue weighted by Crippen LogP contribution is 2.42. The molecule has 4 unspecified atom stereocenters. The summed E-state index contributed by atoms with van der Waals surface area (Å²) < 4.78 is 10.9. The van der Waals surface area contributed by atoms with Crippen molar-refractivity contribution in [2.24, 2.45) is 11.7 Å². The second-order valence-electron chi connectivity index (χ2n) is 6.57. The van der Waals surface area contributed by atoms with Crippen molar-refractivity contribution in [3.05, 3.63) is 51.6 Å². The molecule has 1 saturated heterocycles. The van der Waals surface area contributed by atoms with Crippen LogP contribution in [0.5, 0.6) is 5.75 Å². The summed E-state index contributed by atoms with van der Waals surface area (Å²) in [6.45, 7) is 1.97. The number of methoxy groups -OCH3 is 1. The first-order valence-electron chi connectivity index (χ1n) is 8.32. The maximum atomic E-state index is 12.8. The SMILES string of the molecule is COc1ccc2[nH]c(=O)c(C3C(C#N)=C(N)OC4NNC(C)C43)cc2c1. The summed E-state index contributed by atoms with van der Waals surface area (Å²) in [6, 6.07) is 9.35. The number of ether oxygens (including phenoxy) is 2. The van der Waals surface area contributed by atoms with Crippen molar-refractivity contribution >= 4 is 10.9 Å². The van der Waals surface area contributed by atoms with Crippen LogP contribution >= 0.6 is 0 Å². The quantitative estimate of drug-likeness (QED) is 0.629. The van der Waals surface area contributed by atoms with Crippen molar-refractivity contribution in [1.29, 1.82) is 5.26 Å². The largest absolute Gasteiger partial charge is 0.497 e. The van der Waals surface area contributed by atoms with Crippen LogP contribution in [0.15, 0.2) is 40.5 Å². The van der Waals surface area contributed by atoms with Gasteiger partial charge in [0.1, 0.15) is 11.8 Å². The number of aromatic nitrogens is 1. The van der Waals surface area contributed by atoms with E-state index in [9.17, 15) is 10.1 Å². The first-order valence-corrected chi connectivity index (χ1v) is 8.32. The second kappa shape index (κ2) is 6.05. The number of nitrogens with zero attached hydrogens (tertiary/aromatic N) is 1. The van der Waals surface area contributed by atoms with Crippen molar-refractivity contribution < 1.29 is 9.47 Å². The number of nitriles is 1. The molecule has 0 spiro atoms. The molecule has 1 aromatic heterocycles. The Hall–Kier alpha value is -3.02. The maximum absolute atomic E-state index is 12.8. The molecule has 0 bridgehead atoms. The van der Waals surface area contributed by atoms with Gasteiger partial charge >= 0.3 is 0 Å². The molecule has 4 atom stereocenters. The zero-order valence-electron chi connectivity index (χ0n) is 14.4.